The largest absolute Gasteiger partial charge is 0.505 e. The summed E-state index contributed by atoms with van der Waals surface area (Å²) in [4.78, 5) is 0. The third-order valence-electron chi connectivity index (χ3n) is 19.2. The standard InChI is InChI=1S/C84H104F2N2O4/c1-50-37-58(86)47-66(65-39-56(84(22,23)49-78(5,6)7)45-72(75(65)90)88-69-42-53(81(14,15)16)27-32-61(69)62-33-28-54(43-70(62)88)82(17,18)19)76(50)92-36-24-35-91-73-34-29-57(85)46-63(73)64-38-55(83(20,21)48-77(2,3)4)44-71(74(64)89)87-67-40-51(79(8,9)10)25-30-59(67)60-31-26-52(41-68(60)87)80(11,12)13/h25,27-34,37-47,52,89-90H,24,26,35-36,48-49H2,1-23H3. The number of ether oxygens (including phenoxy) is 2. The number of aromatic hydroxyl groups is 2. The van der Waals surface area contributed by atoms with Crippen molar-refractivity contribution in [2.45, 2.75) is 212 Å². The van der Waals surface area contributed by atoms with E-state index in [0.29, 0.717) is 57.1 Å². The number of nitrogens with zero attached hydrogens (tertiary/aromatic N) is 2. The van der Waals surface area contributed by atoms with E-state index in [4.69, 9.17) is 9.47 Å². The van der Waals surface area contributed by atoms with Gasteiger partial charge in [0, 0.05) is 50.1 Å². The van der Waals surface area contributed by atoms with Crippen LogP contribution in [0, 0.1) is 40.7 Å². The van der Waals surface area contributed by atoms with Crippen LogP contribution >= 0.6 is 0 Å². The number of hydrogen-bond donors (Lipinski definition) is 2. The highest BCUT2D eigenvalue weighted by molar-refractivity contribution is 6.10. The maximum Gasteiger partial charge on any atom is 0.147 e. The highest BCUT2D eigenvalue weighted by Gasteiger charge is 2.35. The van der Waals surface area contributed by atoms with Crippen molar-refractivity contribution in [2.75, 3.05) is 13.2 Å². The molecule has 92 heavy (non-hydrogen) atoms. The number of fused-ring (bicyclic) bond motifs is 6. The lowest BCUT2D eigenvalue weighted by Gasteiger charge is -2.34. The van der Waals surface area contributed by atoms with Crippen molar-refractivity contribution in [3.05, 3.63) is 165 Å². The van der Waals surface area contributed by atoms with Gasteiger partial charge in [-0.3, -0.25) is 0 Å². The van der Waals surface area contributed by atoms with Gasteiger partial charge < -0.3 is 28.8 Å². The Bertz CT molecular complexity index is 4400. The summed E-state index contributed by atoms with van der Waals surface area (Å²) >= 11 is 0. The number of benzene rings is 7. The van der Waals surface area contributed by atoms with E-state index in [1.54, 1.807) is 6.07 Å². The molecule has 9 aromatic rings. The van der Waals surface area contributed by atoms with Gasteiger partial charge in [-0.05, 0) is 182 Å². The van der Waals surface area contributed by atoms with Crippen LogP contribution in [0.3, 0.4) is 0 Å². The minimum Gasteiger partial charge on any atom is -0.505 e. The fourth-order valence-electron chi connectivity index (χ4n) is 14.8. The molecule has 2 N–H and O–H groups in total. The van der Waals surface area contributed by atoms with Crippen LogP contribution in [0.4, 0.5) is 8.78 Å². The summed E-state index contributed by atoms with van der Waals surface area (Å²) in [7, 11) is 0. The van der Waals surface area contributed by atoms with Crippen LogP contribution in [0.15, 0.2) is 109 Å². The molecule has 10 rings (SSSR count). The van der Waals surface area contributed by atoms with Gasteiger partial charge in [0.2, 0.25) is 0 Å². The quantitative estimate of drug-likeness (QED) is 0.106. The maximum absolute atomic E-state index is 16.3. The summed E-state index contributed by atoms with van der Waals surface area (Å²) in [6, 6.07) is 36.0. The fraction of sp³-hybridized carbons (Fsp3) is 0.452. The molecular weight excluding hydrogens is 1140 g/mol. The van der Waals surface area contributed by atoms with Gasteiger partial charge in [-0.2, -0.15) is 0 Å². The first-order chi connectivity index (χ1) is 42.4. The van der Waals surface area contributed by atoms with Crippen LogP contribution in [-0.2, 0) is 27.1 Å². The number of halogens is 2. The highest BCUT2D eigenvalue weighted by atomic mass is 19.1. The monoisotopic (exact) mass is 1240 g/mol. The normalized spacial score (nSPS) is 14.7. The zero-order valence-electron chi connectivity index (χ0n) is 59.7. The van der Waals surface area contributed by atoms with Crippen molar-refractivity contribution in [3.8, 4) is 56.6 Å². The number of phenolic OH excluding ortho intramolecular Hbond substituents is 2. The number of phenols is 2. The zero-order chi connectivity index (χ0) is 67.5. The van der Waals surface area contributed by atoms with Gasteiger partial charge in [0.05, 0.1) is 46.5 Å². The molecule has 0 fully saturated rings. The van der Waals surface area contributed by atoms with E-state index in [1.807, 2.05) is 19.1 Å². The molecule has 1 atom stereocenters. The first-order valence-electron chi connectivity index (χ1n) is 33.5. The molecule has 0 bridgehead atoms. The van der Waals surface area contributed by atoms with Crippen molar-refractivity contribution in [1.29, 1.82) is 0 Å². The molecular formula is C84H104F2N2O4. The number of hydrogen-bond acceptors (Lipinski definition) is 4. The summed E-state index contributed by atoms with van der Waals surface area (Å²) in [5, 5.41) is 31.8. The molecule has 2 heterocycles. The van der Waals surface area contributed by atoms with Crippen LogP contribution < -0.4 is 20.0 Å². The molecule has 0 saturated carbocycles. The molecule has 488 valence electrons. The van der Waals surface area contributed by atoms with Gasteiger partial charge in [-0.25, -0.2) is 8.78 Å². The Morgan fingerprint density at radius 1 is 0.457 bits per heavy atom. The van der Waals surface area contributed by atoms with E-state index >= 15 is 8.78 Å². The van der Waals surface area contributed by atoms with E-state index in [2.05, 4.69) is 240 Å². The van der Waals surface area contributed by atoms with E-state index < -0.39 is 11.6 Å². The van der Waals surface area contributed by atoms with E-state index in [-0.39, 0.29) is 74.0 Å². The summed E-state index contributed by atoms with van der Waals surface area (Å²) in [6.07, 6.45) is 7.75. The summed E-state index contributed by atoms with van der Waals surface area (Å²) < 4.78 is 50.3. The minimum absolute atomic E-state index is 0.0133. The Morgan fingerprint density at radius 2 is 0.902 bits per heavy atom. The van der Waals surface area contributed by atoms with Crippen molar-refractivity contribution in [3.63, 3.8) is 0 Å². The second-order valence-corrected chi connectivity index (χ2v) is 34.8. The molecule has 1 unspecified atom stereocenters. The Kier molecular flexibility index (Phi) is 17.3. The average molecular weight is 1240 g/mol. The molecule has 6 nitrogen and oxygen atoms in total. The summed E-state index contributed by atoms with van der Waals surface area (Å²) in [6.45, 7) is 51.6. The second-order valence-electron chi connectivity index (χ2n) is 34.8. The van der Waals surface area contributed by atoms with Crippen LogP contribution in [0.1, 0.15) is 211 Å². The van der Waals surface area contributed by atoms with Crippen molar-refractivity contribution >= 4 is 44.9 Å². The summed E-state index contributed by atoms with van der Waals surface area (Å²) in [5.41, 5.74) is 10.9. The SMILES string of the molecule is Cc1cc(F)cc(-c2cc(C(C)(C)CC(C)(C)C)cc(-n3c4cc(C(C)(C)C)ccc4c4ccc(C(C)(C)C)cc43)c2O)c1OCCCOc1ccc(F)cc1-c1cc(C(C)(C)CC(C)(C)C)cc(-n2c3c(c4ccc(C(C)(C)C)cc42)=CCC(C(C)(C)C)C=3)c1O. The summed E-state index contributed by atoms with van der Waals surface area (Å²) in [5.74, 6) is 0.276. The highest BCUT2D eigenvalue weighted by Crippen LogP contribution is 2.50. The lowest BCUT2D eigenvalue weighted by molar-refractivity contribution is 0.247. The molecule has 1 aliphatic carbocycles. The molecule has 0 radical (unpaired) electrons. The maximum atomic E-state index is 16.3. The van der Waals surface area contributed by atoms with Crippen LogP contribution in [0.25, 0.3) is 78.5 Å². The number of aromatic nitrogens is 2. The van der Waals surface area contributed by atoms with Crippen molar-refractivity contribution in [1.82, 2.24) is 9.13 Å². The van der Waals surface area contributed by atoms with Crippen LogP contribution in [0.2, 0.25) is 0 Å². The first kappa shape index (κ1) is 67.6. The molecule has 2 aromatic heterocycles. The predicted octanol–water partition coefficient (Wildman–Crippen LogP) is 21.9. The van der Waals surface area contributed by atoms with E-state index in [1.165, 1.54) is 41.0 Å². The molecule has 8 heteroatoms. The molecule has 0 amide bonds. The van der Waals surface area contributed by atoms with Crippen molar-refractivity contribution < 1.29 is 28.5 Å². The fourth-order valence-corrected chi connectivity index (χ4v) is 14.8. The van der Waals surface area contributed by atoms with Gasteiger partial charge >= 0.3 is 0 Å². The van der Waals surface area contributed by atoms with Gasteiger partial charge in [-0.1, -0.05) is 201 Å². The van der Waals surface area contributed by atoms with Gasteiger partial charge in [0.25, 0.3) is 0 Å². The average Bonchev–Trinajstić information content (AvgIpc) is 1.56. The smallest absolute Gasteiger partial charge is 0.147 e. The molecule has 7 aromatic carbocycles. The van der Waals surface area contributed by atoms with Crippen LogP contribution in [0.5, 0.6) is 23.0 Å². The van der Waals surface area contributed by atoms with Gasteiger partial charge in [-0.15, -0.1) is 0 Å². The van der Waals surface area contributed by atoms with Gasteiger partial charge in [0.15, 0.2) is 0 Å². The third-order valence-corrected chi connectivity index (χ3v) is 19.2. The molecule has 0 spiro atoms. The second kappa shape index (κ2) is 23.6. The van der Waals surface area contributed by atoms with Crippen molar-refractivity contribution in [2.24, 2.45) is 22.2 Å². The lowest BCUT2D eigenvalue weighted by atomic mass is 9.71. The van der Waals surface area contributed by atoms with Crippen LogP contribution in [-0.4, -0.2) is 32.6 Å². The van der Waals surface area contributed by atoms with Gasteiger partial charge in [0.1, 0.15) is 34.6 Å². The topological polar surface area (TPSA) is 68.8 Å². The Morgan fingerprint density at radius 3 is 1.38 bits per heavy atom. The number of rotatable bonds is 14. The Labute approximate surface area is 548 Å². The van der Waals surface area contributed by atoms with E-state index in [0.717, 1.165) is 73.7 Å². The lowest BCUT2D eigenvalue weighted by Crippen LogP contribution is -2.35. The Balaban J connectivity index is 1.06. The van der Waals surface area contributed by atoms with E-state index in [9.17, 15) is 10.2 Å². The predicted molar refractivity (Wildman–Crippen MR) is 385 cm³/mol. The molecule has 0 aliphatic heterocycles. The first-order valence-corrected chi connectivity index (χ1v) is 33.5. The zero-order valence-corrected chi connectivity index (χ0v) is 59.7. The number of aryl methyl sites for hydroxylation is 1. The minimum atomic E-state index is -0.454. The molecule has 0 saturated heterocycles. The Hall–Kier alpha value is -7.32. The third kappa shape index (κ3) is 13.6. The molecule has 1 aliphatic rings.